The summed E-state index contributed by atoms with van der Waals surface area (Å²) in [5.74, 6) is -0.0212. The minimum Gasteiger partial charge on any atom is -0.350 e. The van der Waals surface area contributed by atoms with Crippen LogP contribution in [0, 0.1) is 6.92 Å². The van der Waals surface area contributed by atoms with Crippen molar-refractivity contribution in [2.45, 2.75) is 19.9 Å². The Morgan fingerprint density at radius 2 is 2.12 bits per heavy atom. The number of likely N-dealkylation sites (N-methyl/N-ethyl adjacent to an activating group) is 1. The first-order valence-electron chi connectivity index (χ1n) is 5.26. The van der Waals surface area contributed by atoms with Gasteiger partial charge in [-0.3, -0.25) is 4.79 Å². The van der Waals surface area contributed by atoms with Crippen LogP contribution in [0.4, 0.5) is 0 Å². The molecular formula is C12H18BrClN2O. The summed E-state index contributed by atoms with van der Waals surface area (Å²) in [5, 5.41) is 5.97. The van der Waals surface area contributed by atoms with Crippen LogP contribution < -0.4 is 10.6 Å². The summed E-state index contributed by atoms with van der Waals surface area (Å²) in [6.07, 6.45) is 0. The summed E-state index contributed by atoms with van der Waals surface area (Å²) in [6.45, 7) is 4.58. The van der Waals surface area contributed by atoms with Crippen LogP contribution >= 0.6 is 28.3 Å². The van der Waals surface area contributed by atoms with E-state index in [9.17, 15) is 4.79 Å². The Morgan fingerprint density at radius 1 is 1.47 bits per heavy atom. The van der Waals surface area contributed by atoms with E-state index >= 15 is 0 Å². The molecule has 0 aliphatic rings. The van der Waals surface area contributed by atoms with Gasteiger partial charge < -0.3 is 10.6 Å². The van der Waals surface area contributed by atoms with Gasteiger partial charge in [0.15, 0.2) is 0 Å². The highest BCUT2D eigenvalue weighted by molar-refractivity contribution is 9.10. The number of nitrogens with one attached hydrogen (secondary N) is 2. The Kier molecular flexibility index (Phi) is 7.43. The zero-order valence-electron chi connectivity index (χ0n) is 10.2. The van der Waals surface area contributed by atoms with Crippen molar-refractivity contribution in [2.24, 2.45) is 0 Å². The number of aryl methyl sites for hydroxylation is 1. The molecule has 1 amide bonds. The molecule has 0 radical (unpaired) electrons. The molecule has 0 aliphatic heterocycles. The van der Waals surface area contributed by atoms with E-state index in [0.717, 1.165) is 15.6 Å². The van der Waals surface area contributed by atoms with Crippen LogP contribution in [0.1, 0.15) is 22.8 Å². The van der Waals surface area contributed by atoms with E-state index < -0.39 is 0 Å². The topological polar surface area (TPSA) is 41.1 Å². The highest BCUT2D eigenvalue weighted by Gasteiger charge is 2.09. The van der Waals surface area contributed by atoms with Gasteiger partial charge in [0.1, 0.15) is 0 Å². The number of amides is 1. The second kappa shape index (κ2) is 7.69. The number of carbonyl (C=O) groups excluding carboxylic acids is 1. The van der Waals surface area contributed by atoms with E-state index in [-0.39, 0.29) is 24.4 Å². The van der Waals surface area contributed by atoms with E-state index in [1.807, 2.05) is 39.1 Å². The summed E-state index contributed by atoms with van der Waals surface area (Å²) < 4.78 is 0.991. The third-order valence-corrected chi connectivity index (χ3v) is 2.99. The Balaban J connectivity index is 0.00000256. The van der Waals surface area contributed by atoms with Crippen molar-refractivity contribution in [3.05, 3.63) is 33.8 Å². The van der Waals surface area contributed by atoms with Gasteiger partial charge in [-0.25, -0.2) is 0 Å². The maximum absolute atomic E-state index is 11.8. The van der Waals surface area contributed by atoms with Crippen molar-refractivity contribution in [3.8, 4) is 0 Å². The number of carbonyl (C=O) groups is 1. The lowest BCUT2D eigenvalue weighted by atomic mass is 10.1. The minimum atomic E-state index is -0.0212. The molecule has 1 atom stereocenters. The molecule has 1 aromatic rings. The Hall–Kier alpha value is -0.580. The standard InChI is InChI=1S/C12H17BrN2O.ClH/c1-8-6-10(13)4-5-11(8)12(16)15-7-9(2)14-3;/h4-6,9,14H,7H2,1-3H3,(H,15,16);1H. The van der Waals surface area contributed by atoms with E-state index in [2.05, 4.69) is 26.6 Å². The highest BCUT2D eigenvalue weighted by atomic mass is 79.9. The van der Waals surface area contributed by atoms with Crippen molar-refractivity contribution in [1.82, 2.24) is 10.6 Å². The average Bonchev–Trinajstić information content (AvgIpc) is 2.25. The Morgan fingerprint density at radius 3 is 2.65 bits per heavy atom. The van der Waals surface area contributed by atoms with Gasteiger partial charge in [-0.15, -0.1) is 12.4 Å². The van der Waals surface area contributed by atoms with Gasteiger partial charge in [-0.05, 0) is 44.7 Å². The molecule has 1 aromatic carbocycles. The van der Waals surface area contributed by atoms with Gasteiger partial charge in [-0.2, -0.15) is 0 Å². The van der Waals surface area contributed by atoms with Gasteiger partial charge >= 0.3 is 0 Å². The lowest BCUT2D eigenvalue weighted by Crippen LogP contribution is -2.37. The molecule has 1 rings (SSSR count). The van der Waals surface area contributed by atoms with Gasteiger partial charge in [0.2, 0.25) is 0 Å². The number of rotatable bonds is 4. The third kappa shape index (κ3) is 5.06. The molecule has 0 aromatic heterocycles. The Bertz CT molecular complexity index is 385. The second-order valence-corrected chi connectivity index (χ2v) is 4.77. The molecule has 1 unspecified atom stereocenters. The van der Waals surface area contributed by atoms with Crippen LogP contribution in [0.5, 0.6) is 0 Å². The SMILES string of the molecule is CNC(C)CNC(=O)c1ccc(Br)cc1C.Cl. The molecule has 0 aliphatic carbocycles. The van der Waals surface area contributed by atoms with Gasteiger partial charge in [-0.1, -0.05) is 15.9 Å². The van der Waals surface area contributed by atoms with E-state index in [0.29, 0.717) is 6.54 Å². The highest BCUT2D eigenvalue weighted by Crippen LogP contribution is 2.15. The molecule has 0 fully saturated rings. The quantitative estimate of drug-likeness (QED) is 0.895. The molecule has 96 valence electrons. The maximum Gasteiger partial charge on any atom is 0.251 e. The van der Waals surface area contributed by atoms with Gasteiger partial charge in [0.05, 0.1) is 0 Å². The number of halogens is 2. The zero-order valence-corrected chi connectivity index (χ0v) is 12.6. The number of hydrogen-bond donors (Lipinski definition) is 2. The van der Waals surface area contributed by atoms with Crippen LogP contribution in [-0.4, -0.2) is 25.5 Å². The summed E-state index contributed by atoms with van der Waals surface area (Å²) in [6, 6.07) is 5.93. The van der Waals surface area contributed by atoms with Crippen LogP contribution in [0.3, 0.4) is 0 Å². The fourth-order valence-electron chi connectivity index (χ4n) is 1.32. The fourth-order valence-corrected chi connectivity index (χ4v) is 1.80. The van der Waals surface area contributed by atoms with E-state index in [1.165, 1.54) is 0 Å². The molecule has 0 bridgehead atoms. The summed E-state index contributed by atoms with van der Waals surface area (Å²) in [5.41, 5.74) is 1.70. The van der Waals surface area contributed by atoms with Crippen molar-refractivity contribution < 1.29 is 4.79 Å². The van der Waals surface area contributed by atoms with E-state index in [1.54, 1.807) is 0 Å². The lowest BCUT2D eigenvalue weighted by molar-refractivity contribution is 0.0950. The van der Waals surface area contributed by atoms with Crippen molar-refractivity contribution in [3.63, 3.8) is 0 Å². The van der Waals surface area contributed by atoms with Crippen LogP contribution in [0.2, 0.25) is 0 Å². The maximum atomic E-state index is 11.8. The van der Waals surface area contributed by atoms with Crippen molar-refractivity contribution in [2.75, 3.05) is 13.6 Å². The number of benzene rings is 1. The summed E-state index contributed by atoms with van der Waals surface area (Å²) in [7, 11) is 1.88. The molecule has 0 saturated carbocycles. The minimum absolute atomic E-state index is 0. The molecule has 5 heteroatoms. The van der Waals surface area contributed by atoms with Crippen LogP contribution in [-0.2, 0) is 0 Å². The molecular weight excluding hydrogens is 304 g/mol. The Labute approximate surface area is 117 Å². The third-order valence-electron chi connectivity index (χ3n) is 2.49. The smallest absolute Gasteiger partial charge is 0.251 e. The van der Waals surface area contributed by atoms with E-state index in [4.69, 9.17) is 0 Å². The number of hydrogen-bond acceptors (Lipinski definition) is 2. The van der Waals surface area contributed by atoms with Crippen molar-refractivity contribution >= 4 is 34.2 Å². The average molecular weight is 322 g/mol. The van der Waals surface area contributed by atoms with Crippen LogP contribution in [0.25, 0.3) is 0 Å². The predicted octanol–water partition coefficient (Wildman–Crippen LogP) is 2.52. The molecule has 0 heterocycles. The van der Waals surface area contributed by atoms with Gasteiger partial charge in [0.25, 0.3) is 5.91 Å². The molecule has 3 nitrogen and oxygen atoms in total. The first-order chi connectivity index (χ1) is 7.54. The normalized spacial score (nSPS) is 11.5. The molecule has 2 N–H and O–H groups in total. The van der Waals surface area contributed by atoms with Gasteiger partial charge in [0, 0.05) is 22.6 Å². The molecule has 17 heavy (non-hydrogen) atoms. The first kappa shape index (κ1) is 16.4. The summed E-state index contributed by atoms with van der Waals surface area (Å²) in [4.78, 5) is 11.8. The van der Waals surface area contributed by atoms with Crippen LogP contribution in [0.15, 0.2) is 22.7 Å². The lowest BCUT2D eigenvalue weighted by Gasteiger charge is -2.12. The first-order valence-corrected chi connectivity index (χ1v) is 6.05. The van der Waals surface area contributed by atoms with Crippen molar-refractivity contribution in [1.29, 1.82) is 0 Å². The monoisotopic (exact) mass is 320 g/mol. The second-order valence-electron chi connectivity index (χ2n) is 3.86. The predicted molar refractivity (Wildman–Crippen MR) is 77.0 cm³/mol. The summed E-state index contributed by atoms with van der Waals surface area (Å²) >= 11 is 3.38. The largest absolute Gasteiger partial charge is 0.350 e. The molecule has 0 spiro atoms. The molecule has 0 saturated heterocycles. The zero-order chi connectivity index (χ0) is 12.1. The fraction of sp³-hybridized carbons (Fsp3) is 0.417.